The van der Waals surface area contributed by atoms with E-state index in [2.05, 4.69) is 17.6 Å². The molecule has 0 bridgehead atoms. The second-order valence-electron chi connectivity index (χ2n) is 5.99. The first-order valence-electron chi connectivity index (χ1n) is 7.18. The number of carbonyl (C=O) groups excluding carboxylic acids is 2. The van der Waals surface area contributed by atoms with Gasteiger partial charge < -0.3 is 10.6 Å². The molecule has 0 aromatic rings. The van der Waals surface area contributed by atoms with Gasteiger partial charge in [-0.1, -0.05) is 26.2 Å². The van der Waals surface area contributed by atoms with Crippen LogP contribution in [0.25, 0.3) is 0 Å². The monoisotopic (exact) mass is 252 g/mol. The predicted molar refractivity (Wildman–Crippen MR) is 70.0 cm³/mol. The third kappa shape index (κ3) is 3.24. The number of rotatable bonds is 2. The lowest BCUT2D eigenvalue weighted by Gasteiger charge is -2.33. The van der Waals surface area contributed by atoms with E-state index in [1.165, 1.54) is 6.42 Å². The SMILES string of the molecule is CC1(C(=O)N[C@H]2CCCNC(=O)C2)CCCCC1. The Balaban J connectivity index is 1.91. The van der Waals surface area contributed by atoms with E-state index < -0.39 is 0 Å². The zero-order valence-electron chi connectivity index (χ0n) is 11.3. The maximum absolute atomic E-state index is 12.4. The van der Waals surface area contributed by atoms with E-state index in [0.717, 1.165) is 45.1 Å². The largest absolute Gasteiger partial charge is 0.356 e. The van der Waals surface area contributed by atoms with Gasteiger partial charge in [-0.3, -0.25) is 9.59 Å². The van der Waals surface area contributed by atoms with Gasteiger partial charge in [0, 0.05) is 24.4 Å². The molecule has 2 N–H and O–H groups in total. The van der Waals surface area contributed by atoms with E-state index >= 15 is 0 Å². The fourth-order valence-corrected chi connectivity index (χ4v) is 3.02. The van der Waals surface area contributed by atoms with Crippen LogP contribution in [0.2, 0.25) is 0 Å². The molecule has 1 saturated carbocycles. The van der Waals surface area contributed by atoms with Crippen LogP contribution in [0.1, 0.15) is 58.3 Å². The molecule has 2 aliphatic rings. The average Bonchev–Trinajstić information content (AvgIpc) is 2.54. The fraction of sp³-hybridized carbons (Fsp3) is 0.857. The Morgan fingerprint density at radius 1 is 1.28 bits per heavy atom. The minimum atomic E-state index is -0.207. The van der Waals surface area contributed by atoms with Gasteiger partial charge in [0.15, 0.2) is 0 Å². The van der Waals surface area contributed by atoms with Crippen molar-refractivity contribution in [3.63, 3.8) is 0 Å². The Kier molecular flexibility index (Phi) is 4.25. The Morgan fingerprint density at radius 3 is 2.72 bits per heavy atom. The quantitative estimate of drug-likeness (QED) is 0.786. The molecule has 1 aliphatic carbocycles. The molecule has 0 aromatic carbocycles. The number of amides is 2. The number of hydrogen-bond donors (Lipinski definition) is 2. The summed E-state index contributed by atoms with van der Waals surface area (Å²) in [5.41, 5.74) is -0.207. The minimum Gasteiger partial charge on any atom is -0.356 e. The summed E-state index contributed by atoms with van der Waals surface area (Å²) in [6.07, 6.45) is 7.80. The molecule has 1 aliphatic heterocycles. The van der Waals surface area contributed by atoms with E-state index in [9.17, 15) is 9.59 Å². The van der Waals surface area contributed by atoms with Gasteiger partial charge in [0.1, 0.15) is 0 Å². The van der Waals surface area contributed by atoms with Crippen molar-refractivity contribution in [1.82, 2.24) is 10.6 Å². The predicted octanol–water partition coefficient (Wildman–Crippen LogP) is 1.74. The summed E-state index contributed by atoms with van der Waals surface area (Å²) in [6.45, 7) is 2.81. The van der Waals surface area contributed by atoms with Crippen LogP contribution in [0.5, 0.6) is 0 Å². The summed E-state index contributed by atoms with van der Waals surface area (Å²) in [7, 11) is 0. The van der Waals surface area contributed by atoms with Crippen molar-refractivity contribution in [2.24, 2.45) is 5.41 Å². The molecule has 1 atom stereocenters. The van der Waals surface area contributed by atoms with Crippen molar-refractivity contribution < 1.29 is 9.59 Å². The standard InChI is InChI=1S/C14H24N2O2/c1-14(7-3-2-4-8-14)13(18)16-11-6-5-9-15-12(17)10-11/h11H,2-10H2,1H3,(H,15,17)(H,16,18)/t11-/m0/s1. The van der Waals surface area contributed by atoms with Crippen LogP contribution >= 0.6 is 0 Å². The number of hydrogen-bond acceptors (Lipinski definition) is 2. The molecule has 102 valence electrons. The van der Waals surface area contributed by atoms with Crippen LogP contribution in [0.4, 0.5) is 0 Å². The maximum Gasteiger partial charge on any atom is 0.226 e. The van der Waals surface area contributed by atoms with Gasteiger partial charge >= 0.3 is 0 Å². The second-order valence-corrected chi connectivity index (χ2v) is 5.99. The smallest absolute Gasteiger partial charge is 0.226 e. The summed E-state index contributed by atoms with van der Waals surface area (Å²) in [4.78, 5) is 23.8. The number of nitrogens with one attached hydrogen (secondary N) is 2. The molecular weight excluding hydrogens is 228 g/mol. The van der Waals surface area contributed by atoms with Crippen molar-refractivity contribution in [3.05, 3.63) is 0 Å². The molecule has 0 aromatic heterocycles. The van der Waals surface area contributed by atoms with E-state index in [1.807, 2.05) is 0 Å². The zero-order valence-corrected chi connectivity index (χ0v) is 11.3. The normalized spacial score (nSPS) is 28.1. The van der Waals surface area contributed by atoms with Crippen molar-refractivity contribution in [3.8, 4) is 0 Å². The Hall–Kier alpha value is -1.06. The summed E-state index contributed by atoms with van der Waals surface area (Å²) in [6, 6.07) is 0.0266. The zero-order chi connectivity index (χ0) is 13.0. The van der Waals surface area contributed by atoms with Crippen molar-refractivity contribution in [2.45, 2.75) is 64.3 Å². The van der Waals surface area contributed by atoms with Crippen LogP contribution in [-0.2, 0) is 9.59 Å². The average molecular weight is 252 g/mol. The molecule has 4 heteroatoms. The third-order valence-electron chi connectivity index (χ3n) is 4.32. The van der Waals surface area contributed by atoms with Crippen LogP contribution in [0, 0.1) is 5.41 Å². The highest BCUT2D eigenvalue weighted by atomic mass is 16.2. The molecule has 0 spiro atoms. The minimum absolute atomic E-state index is 0.0266. The van der Waals surface area contributed by atoms with Gasteiger partial charge in [-0.05, 0) is 25.7 Å². The van der Waals surface area contributed by atoms with Crippen LogP contribution in [0.3, 0.4) is 0 Å². The van der Waals surface area contributed by atoms with E-state index in [1.54, 1.807) is 0 Å². The van der Waals surface area contributed by atoms with Crippen molar-refractivity contribution >= 4 is 11.8 Å². The van der Waals surface area contributed by atoms with Gasteiger partial charge in [-0.2, -0.15) is 0 Å². The van der Waals surface area contributed by atoms with E-state index in [-0.39, 0.29) is 23.3 Å². The van der Waals surface area contributed by atoms with Crippen LogP contribution < -0.4 is 10.6 Å². The third-order valence-corrected chi connectivity index (χ3v) is 4.32. The Morgan fingerprint density at radius 2 is 2.00 bits per heavy atom. The lowest BCUT2D eigenvalue weighted by atomic mass is 9.75. The molecule has 2 fully saturated rings. The molecule has 18 heavy (non-hydrogen) atoms. The lowest BCUT2D eigenvalue weighted by molar-refractivity contribution is -0.133. The van der Waals surface area contributed by atoms with Crippen LogP contribution in [0.15, 0.2) is 0 Å². The maximum atomic E-state index is 12.4. The van der Waals surface area contributed by atoms with Gasteiger partial charge in [0.25, 0.3) is 0 Å². The van der Waals surface area contributed by atoms with Crippen molar-refractivity contribution in [1.29, 1.82) is 0 Å². The van der Waals surface area contributed by atoms with Crippen molar-refractivity contribution in [2.75, 3.05) is 6.54 Å². The summed E-state index contributed by atoms with van der Waals surface area (Å²) < 4.78 is 0. The first-order chi connectivity index (χ1) is 8.60. The Labute approximate surface area is 109 Å². The van der Waals surface area contributed by atoms with Gasteiger partial charge in [-0.25, -0.2) is 0 Å². The molecule has 4 nitrogen and oxygen atoms in total. The van der Waals surface area contributed by atoms with E-state index in [4.69, 9.17) is 0 Å². The highest BCUT2D eigenvalue weighted by Gasteiger charge is 2.35. The highest BCUT2D eigenvalue weighted by Crippen LogP contribution is 2.36. The molecular formula is C14H24N2O2. The van der Waals surface area contributed by atoms with Gasteiger partial charge in [0.05, 0.1) is 0 Å². The van der Waals surface area contributed by atoms with E-state index in [0.29, 0.717) is 6.42 Å². The summed E-state index contributed by atoms with van der Waals surface area (Å²) in [5, 5.41) is 5.95. The molecule has 1 saturated heterocycles. The molecule has 0 radical (unpaired) electrons. The topological polar surface area (TPSA) is 58.2 Å². The molecule has 2 amide bonds. The second kappa shape index (κ2) is 5.72. The first kappa shape index (κ1) is 13.4. The first-order valence-corrected chi connectivity index (χ1v) is 7.18. The molecule has 2 rings (SSSR count). The number of carbonyl (C=O) groups is 2. The molecule has 1 heterocycles. The van der Waals surface area contributed by atoms with Gasteiger partial charge in [0.2, 0.25) is 11.8 Å². The summed E-state index contributed by atoms with van der Waals surface area (Å²) >= 11 is 0. The molecule has 0 unspecified atom stereocenters. The highest BCUT2D eigenvalue weighted by molar-refractivity contribution is 5.84. The Bertz CT molecular complexity index is 322. The van der Waals surface area contributed by atoms with Gasteiger partial charge in [-0.15, -0.1) is 0 Å². The van der Waals surface area contributed by atoms with Crippen LogP contribution in [-0.4, -0.2) is 24.4 Å². The summed E-state index contributed by atoms with van der Waals surface area (Å²) in [5.74, 6) is 0.216. The fourth-order valence-electron chi connectivity index (χ4n) is 3.02. The lowest BCUT2D eigenvalue weighted by Crippen LogP contribution is -2.45.